The SMILES string of the molecule is CCCCCCCOC(=O)c1[nH]c2c(c1C)C(=O)C[C@@H](c1cccs1)C2. The van der Waals surface area contributed by atoms with Crippen molar-refractivity contribution < 1.29 is 14.3 Å². The van der Waals surface area contributed by atoms with Crippen LogP contribution in [0.1, 0.15) is 88.3 Å². The monoisotopic (exact) mass is 373 g/mol. The van der Waals surface area contributed by atoms with Gasteiger partial charge in [-0.1, -0.05) is 38.7 Å². The highest BCUT2D eigenvalue weighted by atomic mass is 32.1. The minimum Gasteiger partial charge on any atom is -0.461 e. The van der Waals surface area contributed by atoms with Gasteiger partial charge in [0.2, 0.25) is 0 Å². The molecule has 5 heteroatoms. The Labute approximate surface area is 159 Å². The topological polar surface area (TPSA) is 59.2 Å². The number of unbranched alkanes of at least 4 members (excludes halogenated alkanes) is 4. The number of aromatic nitrogens is 1. The van der Waals surface area contributed by atoms with Gasteiger partial charge in [0.25, 0.3) is 0 Å². The van der Waals surface area contributed by atoms with Gasteiger partial charge in [-0.15, -0.1) is 11.3 Å². The summed E-state index contributed by atoms with van der Waals surface area (Å²) in [5.74, 6) is -0.0135. The third kappa shape index (κ3) is 4.09. The molecule has 1 atom stereocenters. The first-order chi connectivity index (χ1) is 12.6. The molecule has 2 aromatic heterocycles. The number of carbonyl (C=O) groups is 2. The molecule has 2 heterocycles. The number of carbonyl (C=O) groups excluding carboxylic acids is 2. The van der Waals surface area contributed by atoms with Crippen LogP contribution in [0.5, 0.6) is 0 Å². The van der Waals surface area contributed by atoms with Crippen molar-refractivity contribution in [1.29, 1.82) is 0 Å². The maximum absolute atomic E-state index is 12.6. The lowest BCUT2D eigenvalue weighted by atomic mass is 9.84. The van der Waals surface area contributed by atoms with E-state index in [1.54, 1.807) is 11.3 Å². The van der Waals surface area contributed by atoms with Crippen LogP contribution in [0, 0.1) is 6.92 Å². The number of hydrogen-bond acceptors (Lipinski definition) is 4. The van der Waals surface area contributed by atoms with Crippen molar-refractivity contribution in [3.8, 4) is 0 Å². The van der Waals surface area contributed by atoms with E-state index in [1.165, 1.54) is 24.1 Å². The summed E-state index contributed by atoms with van der Waals surface area (Å²) in [6.07, 6.45) is 6.87. The number of nitrogens with one attached hydrogen (secondary N) is 1. The molecule has 0 aromatic carbocycles. The summed E-state index contributed by atoms with van der Waals surface area (Å²) in [5.41, 5.74) is 2.77. The van der Waals surface area contributed by atoms with E-state index in [9.17, 15) is 9.59 Å². The molecule has 1 aliphatic rings. The van der Waals surface area contributed by atoms with Crippen LogP contribution < -0.4 is 0 Å². The Bertz CT molecular complexity index is 761. The fraction of sp³-hybridized carbons (Fsp3) is 0.524. The number of ketones is 1. The van der Waals surface area contributed by atoms with Gasteiger partial charge in [0, 0.05) is 28.5 Å². The Hall–Kier alpha value is -1.88. The summed E-state index contributed by atoms with van der Waals surface area (Å²) in [7, 11) is 0. The number of ether oxygens (including phenoxy) is 1. The quantitative estimate of drug-likeness (QED) is 0.496. The number of fused-ring (bicyclic) bond motifs is 1. The van der Waals surface area contributed by atoms with E-state index in [-0.39, 0.29) is 17.7 Å². The molecular formula is C21H27NO3S. The summed E-state index contributed by atoms with van der Waals surface area (Å²) in [6, 6.07) is 4.10. The predicted molar refractivity (Wildman–Crippen MR) is 104 cm³/mol. The second-order valence-electron chi connectivity index (χ2n) is 7.07. The van der Waals surface area contributed by atoms with E-state index in [1.807, 2.05) is 18.4 Å². The molecular weight excluding hydrogens is 346 g/mol. The van der Waals surface area contributed by atoms with E-state index < -0.39 is 0 Å². The highest BCUT2D eigenvalue weighted by Crippen LogP contribution is 2.36. The minimum atomic E-state index is -0.340. The summed E-state index contributed by atoms with van der Waals surface area (Å²) >= 11 is 1.68. The third-order valence-electron chi connectivity index (χ3n) is 5.12. The van der Waals surface area contributed by atoms with Crippen LogP contribution in [0.4, 0.5) is 0 Å². The smallest absolute Gasteiger partial charge is 0.355 e. The molecule has 0 fully saturated rings. The highest BCUT2D eigenvalue weighted by molar-refractivity contribution is 7.10. The molecule has 0 unspecified atom stereocenters. The van der Waals surface area contributed by atoms with E-state index >= 15 is 0 Å². The van der Waals surface area contributed by atoms with E-state index in [0.717, 1.165) is 30.5 Å². The predicted octanol–water partition coefficient (Wildman–Crippen LogP) is 5.42. The fourth-order valence-electron chi connectivity index (χ4n) is 3.70. The van der Waals surface area contributed by atoms with Gasteiger partial charge in [-0.3, -0.25) is 4.79 Å². The zero-order valence-electron chi connectivity index (χ0n) is 15.6. The second kappa shape index (κ2) is 8.67. The minimum absolute atomic E-state index is 0.122. The lowest BCUT2D eigenvalue weighted by Gasteiger charge is -2.20. The third-order valence-corrected chi connectivity index (χ3v) is 6.15. The van der Waals surface area contributed by atoms with Gasteiger partial charge >= 0.3 is 5.97 Å². The van der Waals surface area contributed by atoms with Crippen molar-refractivity contribution >= 4 is 23.1 Å². The number of aromatic amines is 1. The van der Waals surface area contributed by atoms with Gasteiger partial charge in [-0.25, -0.2) is 4.79 Å². The Morgan fingerprint density at radius 1 is 1.27 bits per heavy atom. The molecule has 3 rings (SSSR count). The second-order valence-corrected chi connectivity index (χ2v) is 8.05. The van der Waals surface area contributed by atoms with Crippen molar-refractivity contribution in [2.24, 2.45) is 0 Å². The molecule has 0 spiro atoms. The molecule has 140 valence electrons. The Morgan fingerprint density at radius 3 is 2.81 bits per heavy atom. The van der Waals surface area contributed by atoms with E-state index in [0.29, 0.717) is 24.3 Å². The number of esters is 1. The summed E-state index contributed by atoms with van der Waals surface area (Å²) in [5, 5.41) is 2.04. The summed E-state index contributed by atoms with van der Waals surface area (Å²) < 4.78 is 5.42. The molecule has 1 aliphatic carbocycles. The van der Waals surface area contributed by atoms with Crippen LogP contribution in [0.25, 0.3) is 0 Å². The number of Topliss-reactive ketones (excluding diaryl/α,β-unsaturated/α-hetero) is 1. The first-order valence-corrected chi connectivity index (χ1v) is 10.4. The molecule has 1 N–H and O–H groups in total. The van der Waals surface area contributed by atoms with Crippen molar-refractivity contribution in [2.45, 2.75) is 64.7 Å². The van der Waals surface area contributed by atoms with Gasteiger partial charge in [-0.05, 0) is 36.8 Å². The maximum atomic E-state index is 12.6. The first kappa shape index (κ1) is 18.9. The number of thiophene rings is 1. The number of rotatable bonds is 8. The molecule has 0 radical (unpaired) electrons. The normalized spacial score (nSPS) is 16.5. The first-order valence-electron chi connectivity index (χ1n) is 9.57. The van der Waals surface area contributed by atoms with Crippen LogP contribution in [-0.2, 0) is 11.2 Å². The maximum Gasteiger partial charge on any atom is 0.355 e. The van der Waals surface area contributed by atoms with Crippen LogP contribution >= 0.6 is 11.3 Å². The van der Waals surface area contributed by atoms with E-state index in [4.69, 9.17) is 4.74 Å². The molecule has 0 amide bonds. The lowest BCUT2D eigenvalue weighted by Crippen LogP contribution is -2.17. The van der Waals surface area contributed by atoms with Crippen molar-refractivity contribution in [3.05, 3.63) is 44.9 Å². The lowest BCUT2D eigenvalue weighted by molar-refractivity contribution is 0.0490. The standard InChI is InChI=1S/C21H27NO3S/c1-3-4-5-6-7-10-25-21(24)20-14(2)19-16(22-20)12-15(13-17(19)23)18-9-8-11-26-18/h8-9,11,15,22H,3-7,10,12-13H2,1-2H3/t15-/m0/s1. The van der Waals surface area contributed by atoms with Gasteiger partial charge in [0.05, 0.1) is 6.61 Å². The molecule has 2 aromatic rings. The average molecular weight is 374 g/mol. The van der Waals surface area contributed by atoms with Crippen LogP contribution in [-0.4, -0.2) is 23.3 Å². The van der Waals surface area contributed by atoms with Gasteiger partial charge in [0.1, 0.15) is 5.69 Å². The zero-order chi connectivity index (χ0) is 18.5. The van der Waals surface area contributed by atoms with Crippen molar-refractivity contribution in [1.82, 2.24) is 4.98 Å². The van der Waals surface area contributed by atoms with Crippen molar-refractivity contribution in [3.63, 3.8) is 0 Å². The Kier molecular flexibility index (Phi) is 6.30. The Morgan fingerprint density at radius 2 is 2.08 bits per heavy atom. The summed E-state index contributed by atoms with van der Waals surface area (Å²) in [4.78, 5) is 29.5. The highest BCUT2D eigenvalue weighted by Gasteiger charge is 2.32. The summed E-state index contributed by atoms with van der Waals surface area (Å²) in [6.45, 7) is 4.47. The molecule has 0 aliphatic heterocycles. The van der Waals surface area contributed by atoms with Crippen molar-refractivity contribution in [2.75, 3.05) is 6.61 Å². The molecule has 0 saturated carbocycles. The fourth-order valence-corrected chi connectivity index (χ4v) is 4.54. The van der Waals surface area contributed by atoms with Gasteiger partial charge in [-0.2, -0.15) is 0 Å². The average Bonchev–Trinajstić information content (AvgIpc) is 3.26. The zero-order valence-corrected chi connectivity index (χ0v) is 16.4. The van der Waals surface area contributed by atoms with Crippen LogP contribution in [0.15, 0.2) is 17.5 Å². The molecule has 26 heavy (non-hydrogen) atoms. The molecule has 0 bridgehead atoms. The number of H-pyrrole nitrogens is 1. The molecule has 4 nitrogen and oxygen atoms in total. The van der Waals surface area contributed by atoms with Crippen LogP contribution in [0.2, 0.25) is 0 Å². The Balaban J connectivity index is 1.65. The van der Waals surface area contributed by atoms with Gasteiger partial charge < -0.3 is 9.72 Å². The largest absolute Gasteiger partial charge is 0.461 e. The molecule has 0 saturated heterocycles. The number of hydrogen-bond donors (Lipinski definition) is 1. The van der Waals surface area contributed by atoms with Crippen LogP contribution in [0.3, 0.4) is 0 Å². The van der Waals surface area contributed by atoms with E-state index in [2.05, 4.69) is 18.0 Å². The van der Waals surface area contributed by atoms with Gasteiger partial charge in [0.15, 0.2) is 5.78 Å².